The number of aromatic nitrogens is 3. The number of amidine groups is 1. The SMILES string of the molecule is CCN=C(N)c1ccc(Cc2[nH]nc(-c3ccc(Cl)cc3)c2-c2ccncc2)cc1. The summed E-state index contributed by atoms with van der Waals surface area (Å²) in [7, 11) is 0. The van der Waals surface area contributed by atoms with E-state index in [-0.39, 0.29) is 0 Å². The molecule has 150 valence electrons. The second-order valence-corrected chi connectivity index (χ2v) is 7.34. The van der Waals surface area contributed by atoms with E-state index in [0.717, 1.165) is 39.2 Å². The average Bonchev–Trinajstić information content (AvgIpc) is 3.19. The second-order valence-electron chi connectivity index (χ2n) is 6.90. The minimum atomic E-state index is 0.563. The first kappa shape index (κ1) is 19.9. The number of hydrogen-bond acceptors (Lipinski definition) is 3. The Kier molecular flexibility index (Phi) is 5.91. The van der Waals surface area contributed by atoms with E-state index in [1.807, 2.05) is 55.5 Å². The van der Waals surface area contributed by atoms with E-state index in [4.69, 9.17) is 17.3 Å². The first-order valence-corrected chi connectivity index (χ1v) is 10.2. The van der Waals surface area contributed by atoms with E-state index in [2.05, 4.69) is 32.3 Å². The fraction of sp³-hybridized carbons (Fsp3) is 0.125. The molecule has 0 fully saturated rings. The maximum atomic E-state index is 6.07. The van der Waals surface area contributed by atoms with E-state index in [1.165, 1.54) is 0 Å². The third kappa shape index (κ3) is 4.26. The Morgan fingerprint density at radius 1 is 0.967 bits per heavy atom. The molecule has 0 aliphatic rings. The van der Waals surface area contributed by atoms with Crippen molar-refractivity contribution >= 4 is 17.4 Å². The standard InChI is InChI=1S/C24H22ClN5/c1-2-28-24(26)19-5-3-16(4-6-19)15-21-22(17-11-13-27-14-12-17)23(30-29-21)18-7-9-20(25)10-8-18/h3-14H,2,15H2,1H3,(H2,26,28)(H,29,30). The Labute approximate surface area is 180 Å². The molecule has 0 aliphatic carbocycles. The maximum absolute atomic E-state index is 6.07. The van der Waals surface area contributed by atoms with Crippen molar-refractivity contribution in [2.45, 2.75) is 13.3 Å². The van der Waals surface area contributed by atoms with E-state index in [0.29, 0.717) is 23.8 Å². The third-order valence-corrected chi connectivity index (χ3v) is 5.14. The molecule has 2 aromatic carbocycles. The minimum absolute atomic E-state index is 0.563. The lowest BCUT2D eigenvalue weighted by atomic mass is 9.96. The number of nitrogens with two attached hydrogens (primary N) is 1. The summed E-state index contributed by atoms with van der Waals surface area (Å²) in [5.41, 5.74) is 13.2. The van der Waals surface area contributed by atoms with Gasteiger partial charge in [0, 0.05) is 52.8 Å². The summed E-state index contributed by atoms with van der Waals surface area (Å²) in [6.45, 7) is 2.64. The van der Waals surface area contributed by atoms with E-state index in [1.54, 1.807) is 12.4 Å². The molecule has 0 atom stereocenters. The first-order chi connectivity index (χ1) is 14.7. The maximum Gasteiger partial charge on any atom is 0.125 e. The van der Waals surface area contributed by atoms with Gasteiger partial charge in [-0.05, 0) is 42.3 Å². The fourth-order valence-corrected chi connectivity index (χ4v) is 3.54. The molecule has 0 aliphatic heterocycles. The zero-order valence-corrected chi connectivity index (χ0v) is 17.4. The van der Waals surface area contributed by atoms with Gasteiger partial charge in [0.2, 0.25) is 0 Å². The van der Waals surface area contributed by atoms with Crippen LogP contribution in [0.25, 0.3) is 22.4 Å². The summed E-state index contributed by atoms with van der Waals surface area (Å²) in [6, 6.07) is 19.9. The summed E-state index contributed by atoms with van der Waals surface area (Å²) in [6.07, 6.45) is 4.30. The largest absolute Gasteiger partial charge is 0.384 e. The predicted octanol–water partition coefficient (Wildman–Crippen LogP) is 5.11. The Hall–Kier alpha value is -3.44. The highest BCUT2D eigenvalue weighted by atomic mass is 35.5. The molecule has 0 spiro atoms. The molecule has 3 N–H and O–H groups in total. The summed E-state index contributed by atoms with van der Waals surface area (Å²) in [5.74, 6) is 0.563. The lowest BCUT2D eigenvalue weighted by Gasteiger charge is -2.08. The number of rotatable bonds is 6. The van der Waals surface area contributed by atoms with E-state index >= 15 is 0 Å². The molecule has 2 heterocycles. The molecular formula is C24H22ClN5. The number of nitrogens with one attached hydrogen (secondary N) is 1. The number of benzene rings is 2. The van der Waals surface area contributed by atoms with Crippen LogP contribution in [-0.4, -0.2) is 27.6 Å². The number of hydrogen-bond donors (Lipinski definition) is 2. The summed E-state index contributed by atoms with van der Waals surface area (Å²) >= 11 is 6.07. The monoisotopic (exact) mass is 415 g/mol. The quantitative estimate of drug-likeness (QED) is 0.339. The molecule has 0 saturated carbocycles. The van der Waals surface area contributed by atoms with Crippen LogP contribution in [0.15, 0.2) is 78.0 Å². The summed E-state index contributed by atoms with van der Waals surface area (Å²) < 4.78 is 0. The number of nitrogens with zero attached hydrogens (tertiary/aromatic N) is 3. The molecular weight excluding hydrogens is 394 g/mol. The second kappa shape index (κ2) is 8.93. The van der Waals surface area contributed by atoms with Gasteiger partial charge >= 0.3 is 0 Å². The van der Waals surface area contributed by atoms with Crippen LogP contribution >= 0.6 is 11.6 Å². The van der Waals surface area contributed by atoms with Crippen LogP contribution in [0.4, 0.5) is 0 Å². The molecule has 0 amide bonds. The Morgan fingerprint density at radius 2 is 1.67 bits per heavy atom. The summed E-state index contributed by atoms with van der Waals surface area (Å²) in [5, 5.41) is 8.57. The topological polar surface area (TPSA) is 80.0 Å². The molecule has 0 radical (unpaired) electrons. The van der Waals surface area contributed by atoms with Crippen molar-refractivity contribution < 1.29 is 0 Å². The van der Waals surface area contributed by atoms with Crippen molar-refractivity contribution in [3.05, 3.63) is 94.9 Å². The molecule has 4 rings (SSSR count). The van der Waals surface area contributed by atoms with Gasteiger partial charge in [0.1, 0.15) is 11.5 Å². The van der Waals surface area contributed by atoms with Crippen LogP contribution in [0.3, 0.4) is 0 Å². The van der Waals surface area contributed by atoms with Crippen LogP contribution in [0.1, 0.15) is 23.7 Å². The fourth-order valence-electron chi connectivity index (χ4n) is 3.41. The number of pyridine rings is 1. The highest BCUT2D eigenvalue weighted by molar-refractivity contribution is 6.30. The highest BCUT2D eigenvalue weighted by Gasteiger charge is 2.17. The molecule has 30 heavy (non-hydrogen) atoms. The highest BCUT2D eigenvalue weighted by Crippen LogP contribution is 2.34. The molecule has 4 aromatic rings. The third-order valence-electron chi connectivity index (χ3n) is 4.89. The molecule has 5 nitrogen and oxygen atoms in total. The van der Waals surface area contributed by atoms with E-state index < -0.39 is 0 Å². The van der Waals surface area contributed by atoms with Crippen LogP contribution in [0.5, 0.6) is 0 Å². The Balaban J connectivity index is 1.72. The van der Waals surface area contributed by atoms with Gasteiger partial charge < -0.3 is 5.73 Å². The molecule has 0 saturated heterocycles. The normalized spacial score (nSPS) is 11.6. The minimum Gasteiger partial charge on any atom is -0.384 e. The molecule has 0 unspecified atom stereocenters. The first-order valence-electron chi connectivity index (χ1n) is 9.78. The lowest BCUT2D eigenvalue weighted by Crippen LogP contribution is -2.13. The van der Waals surface area contributed by atoms with Crippen LogP contribution in [0.2, 0.25) is 5.02 Å². The summed E-state index contributed by atoms with van der Waals surface area (Å²) in [4.78, 5) is 8.42. The molecule has 6 heteroatoms. The smallest absolute Gasteiger partial charge is 0.125 e. The van der Waals surface area contributed by atoms with Crippen LogP contribution in [0, 0.1) is 0 Å². The average molecular weight is 416 g/mol. The van der Waals surface area contributed by atoms with Gasteiger partial charge in [0.15, 0.2) is 0 Å². The van der Waals surface area contributed by atoms with Crippen molar-refractivity contribution in [2.24, 2.45) is 10.7 Å². The van der Waals surface area contributed by atoms with Crippen molar-refractivity contribution in [3.8, 4) is 22.4 Å². The van der Waals surface area contributed by atoms with Crippen LogP contribution in [-0.2, 0) is 6.42 Å². The number of aromatic amines is 1. The number of halogens is 1. The lowest BCUT2D eigenvalue weighted by molar-refractivity contribution is 0.999. The Morgan fingerprint density at radius 3 is 2.33 bits per heavy atom. The molecule has 2 aromatic heterocycles. The number of aliphatic imine (C=N–C) groups is 1. The van der Waals surface area contributed by atoms with Crippen LogP contribution < -0.4 is 5.73 Å². The van der Waals surface area contributed by atoms with Crippen molar-refractivity contribution in [1.29, 1.82) is 0 Å². The van der Waals surface area contributed by atoms with Gasteiger partial charge in [-0.25, -0.2) is 0 Å². The van der Waals surface area contributed by atoms with E-state index in [9.17, 15) is 0 Å². The number of H-pyrrole nitrogens is 1. The molecule has 0 bridgehead atoms. The van der Waals surface area contributed by atoms with Gasteiger partial charge in [-0.3, -0.25) is 15.1 Å². The Bertz CT molecular complexity index is 1150. The van der Waals surface area contributed by atoms with Gasteiger partial charge in [-0.2, -0.15) is 5.10 Å². The van der Waals surface area contributed by atoms with Crippen molar-refractivity contribution in [2.75, 3.05) is 6.54 Å². The van der Waals surface area contributed by atoms with Gasteiger partial charge in [-0.15, -0.1) is 0 Å². The van der Waals surface area contributed by atoms with Gasteiger partial charge in [0.05, 0.1) is 0 Å². The zero-order valence-electron chi connectivity index (χ0n) is 16.6. The van der Waals surface area contributed by atoms with Crippen molar-refractivity contribution in [3.63, 3.8) is 0 Å². The van der Waals surface area contributed by atoms with Gasteiger partial charge in [-0.1, -0.05) is 48.0 Å². The van der Waals surface area contributed by atoms with Crippen molar-refractivity contribution in [1.82, 2.24) is 15.2 Å². The van der Waals surface area contributed by atoms with Gasteiger partial charge in [0.25, 0.3) is 0 Å². The zero-order chi connectivity index (χ0) is 20.9. The predicted molar refractivity (Wildman–Crippen MR) is 123 cm³/mol.